The number of benzene rings is 1. The lowest BCUT2D eigenvalue weighted by molar-refractivity contribution is -0.141. The fourth-order valence-corrected chi connectivity index (χ4v) is 2.71. The fraction of sp³-hybridized carbons (Fsp3) is 0.467. The number of nitrogens with zero attached hydrogens (tertiary/aromatic N) is 1. The van der Waals surface area contributed by atoms with Crippen molar-refractivity contribution >= 4 is 27.8 Å². The monoisotopic (exact) mass is 355 g/mol. The fourth-order valence-electron chi connectivity index (χ4n) is 2.31. The van der Waals surface area contributed by atoms with Crippen LogP contribution < -0.4 is 4.74 Å². The SMILES string of the molecule is O=C(O)C1CCN(C(=O)CCCOc2ccccc2Br)C1. The maximum Gasteiger partial charge on any atom is 0.308 e. The molecule has 0 aromatic heterocycles. The average Bonchev–Trinajstić information content (AvgIpc) is 2.95. The van der Waals surface area contributed by atoms with Gasteiger partial charge < -0.3 is 14.7 Å². The summed E-state index contributed by atoms with van der Waals surface area (Å²) in [6.07, 6.45) is 1.56. The Morgan fingerprint density at radius 1 is 1.38 bits per heavy atom. The molecule has 1 aromatic rings. The summed E-state index contributed by atoms with van der Waals surface area (Å²) in [7, 11) is 0. The molecule has 1 fully saturated rings. The van der Waals surface area contributed by atoms with Crippen LogP contribution in [0.1, 0.15) is 19.3 Å². The van der Waals surface area contributed by atoms with Crippen molar-refractivity contribution in [3.05, 3.63) is 28.7 Å². The predicted octanol–water partition coefficient (Wildman–Crippen LogP) is 2.54. The van der Waals surface area contributed by atoms with Crippen LogP contribution in [0.4, 0.5) is 0 Å². The summed E-state index contributed by atoms with van der Waals surface area (Å²) in [6, 6.07) is 7.56. The lowest BCUT2D eigenvalue weighted by Gasteiger charge is -2.15. The van der Waals surface area contributed by atoms with Crippen molar-refractivity contribution in [2.24, 2.45) is 5.92 Å². The summed E-state index contributed by atoms with van der Waals surface area (Å²) in [6.45, 7) is 1.34. The predicted molar refractivity (Wildman–Crippen MR) is 81.2 cm³/mol. The topological polar surface area (TPSA) is 66.8 Å². The van der Waals surface area contributed by atoms with Crippen molar-refractivity contribution < 1.29 is 19.4 Å². The maximum absolute atomic E-state index is 12.0. The quantitative estimate of drug-likeness (QED) is 0.796. The van der Waals surface area contributed by atoms with Gasteiger partial charge >= 0.3 is 5.97 Å². The molecule has 5 nitrogen and oxygen atoms in total. The molecule has 1 aliphatic heterocycles. The molecule has 1 heterocycles. The van der Waals surface area contributed by atoms with Gasteiger partial charge in [0, 0.05) is 19.5 Å². The minimum atomic E-state index is -0.817. The molecule has 114 valence electrons. The Kier molecular flexibility index (Phi) is 5.61. The van der Waals surface area contributed by atoms with E-state index in [2.05, 4.69) is 15.9 Å². The van der Waals surface area contributed by atoms with E-state index in [1.807, 2.05) is 24.3 Å². The summed E-state index contributed by atoms with van der Waals surface area (Å²) in [4.78, 5) is 24.5. The van der Waals surface area contributed by atoms with Crippen LogP contribution in [-0.4, -0.2) is 41.6 Å². The van der Waals surface area contributed by atoms with E-state index in [1.165, 1.54) is 0 Å². The molecule has 0 aliphatic carbocycles. The lowest BCUT2D eigenvalue weighted by Crippen LogP contribution is -2.30. The largest absolute Gasteiger partial charge is 0.492 e. The number of carboxylic acids is 1. The van der Waals surface area contributed by atoms with Gasteiger partial charge in [0.2, 0.25) is 5.91 Å². The summed E-state index contributed by atoms with van der Waals surface area (Å²) < 4.78 is 6.49. The molecule has 1 amide bonds. The van der Waals surface area contributed by atoms with Crippen molar-refractivity contribution in [1.29, 1.82) is 0 Å². The van der Waals surface area contributed by atoms with Crippen LogP contribution in [0.3, 0.4) is 0 Å². The normalized spacial score (nSPS) is 17.8. The third kappa shape index (κ3) is 4.46. The van der Waals surface area contributed by atoms with Gasteiger partial charge in [0.25, 0.3) is 0 Å². The molecular weight excluding hydrogens is 338 g/mol. The molecule has 1 saturated heterocycles. The number of aliphatic carboxylic acids is 1. The highest BCUT2D eigenvalue weighted by atomic mass is 79.9. The number of carbonyl (C=O) groups excluding carboxylic acids is 1. The number of likely N-dealkylation sites (tertiary alicyclic amines) is 1. The van der Waals surface area contributed by atoms with Crippen LogP contribution in [0.2, 0.25) is 0 Å². The second-order valence-corrected chi connectivity index (χ2v) is 5.90. The van der Waals surface area contributed by atoms with Crippen LogP contribution in [0.25, 0.3) is 0 Å². The number of ether oxygens (including phenoxy) is 1. The highest BCUT2D eigenvalue weighted by Gasteiger charge is 2.30. The number of hydrogen-bond acceptors (Lipinski definition) is 3. The summed E-state index contributed by atoms with van der Waals surface area (Å²) >= 11 is 3.40. The van der Waals surface area contributed by atoms with Crippen molar-refractivity contribution in [2.75, 3.05) is 19.7 Å². The van der Waals surface area contributed by atoms with Crippen molar-refractivity contribution in [1.82, 2.24) is 4.90 Å². The third-order valence-corrected chi connectivity index (χ3v) is 4.17. The van der Waals surface area contributed by atoms with Gasteiger partial charge in [-0.05, 0) is 40.9 Å². The molecule has 0 spiro atoms. The summed E-state index contributed by atoms with van der Waals surface area (Å²) in [5.41, 5.74) is 0. The van der Waals surface area contributed by atoms with E-state index in [1.54, 1.807) is 4.90 Å². The second-order valence-electron chi connectivity index (χ2n) is 5.05. The second kappa shape index (κ2) is 7.45. The number of halogens is 1. The van der Waals surface area contributed by atoms with Gasteiger partial charge in [0.05, 0.1) is 17.0 Å². The highest BCUT2D eigenvalue weighted by molar-refractivity contribution is 9.10. The zero-order valence-corrected chi connectivity index (χ0v) is 13.2. The van der Waals surface area contributed by atoms with Crippen molar-refractivity contribution in [3.63, 3.8) is 0 Å². The van der Waals surface area contributed by atoms with E-state index in [0.717, 1.165) is 10.2 Å². The van der Waals surface area contributed by atoms with Crippen LogP contribution in [0, 0.1) is 5.92 Å². The van der Waals surface area contributed by atoms with Crippen LogP contribution in [0.15, 0.2) is 28.7 Å². The number of rotatable bonds is 6. The third-order valence-electron chi connectivity index (χ3n) is 3.52. The zero-order valence-electron chi connectivity index (χ0n) is 11.6. The van der Waals surface area contributed by atoms with E-state index < -0.39 is 11.9 Å². The zero-order chi connectivity index (χ0) is 15.2. The molecular formula is C15H18BrNO4. The molecule has 21 heavy (non-hydrogen) atoms. The lowest BCUT2D eigenvalue weighted by atomic mass is 10.1. The first-order valence-electron chi connectivity index (χ1n) is 6.96. The standard InChI is InChI=1S/C15H18BrNO4/c16-12-4-1-2-5-13(12)21-9-3-6-14(18)17-8-7-11(10-17)15(19)20/h1-2,4-5,11H,3,6-10H2,(H,19,20). The summed E-state index contributed by atoms with van der Waals surface area (Å²) in [5, 5.41) is 8.92. The van der Waals surface area contributed by atoms with E-state index >= 15 is 0 Å². The first-order valence-corrected chi connectivity index (χ1v) is 7.75. The number of carboxylic acid groups (broad SMARTS) is 1. The Morgan fingerprint density at radius 3 is 2.81 bits per heavy atom. The first-order chi connectivity index (χ1) is 10.1. The Morgan fingerprint density at radius 2 is 2.14 bits per heavy atom. The average molecular weight is 356 g/mol. The highest BCUT2D eigenvalue weighted by Crippen LogP contribution is 2.24. The molecule has 2 rings (SSSR count). The smallest absolute Gasteiger partial charge is 0.308 e. The van der Waals surface area contributed by atoms with Crippen molar-refractivity contribution in [2.45, 2.75) is 19.3 Å². The van der Waals surface area contributed by atoms with E-state index in [0.29, 0.717) is 39.0 Å². The molecule has 1 unspecified atom stereocenters. The molecule has 1 aliphatic rings. The summed E-state index contributed by atoms with van der Waals surface area (Å²) in [5.74, 6) is -0.459. The van der Waals surface area contributed by atoms with Gasteiger partial charge in [-0.15, -0.1) is 0 Å². The van der Waals surface area contributed by atoms with Gasteiger partial charge in [-0.1, -0.05) is 12.1 Å². The molecule has 0 bridgehead atoms. The van der Waals surface area contributed by atoms with Gasteiger partial charge in [-0.3, -0.25) is 9.59 Å². The van der Waals surface area contributed by atoms with E-state index in [-0.39, 0.29) is 5.91 Å². The first kappa shape index (κ1) is 15.8. The number of para-hydroxylation sites is 1. The molecule has 6 heteroatoms. The van der Waals surface area contributed by atoms with E-state index in [4.69, 9.17) is 9.84 Å². The minimum Gasteiger partial charge on any atom is -0.492 e. The Hall–Kier alpha value is -1.56. The van der Waals surface area contributed by atoms with Gasteiger partial charge in [-0.25, -0.2) is 0 Å². The van der Waals surface area contributed by atoms with Crippen molar-refractivity contribution in [3.8, 4) is 5.75 Å². The van der Waals surface area contributed by atoms with E-state index in [9.17, 15) is 9.59 Å². The number of amides is 1. The molecule has 1 N–H and O–H groups in total. The Bertz CT molecular complexity index is 520. The Labute approximate surface area is 132 Å². The van der Waals surface area contributed by atoms with Crippen LogP contribution >= 0.6 is 15.9 Å². The maximum atomic E-state index is 12.0. The minimum absolute atomic E-state index is 0.00878. The molecule has 1 atom stereocenters. The molecule has 0 saturated carbocycles. The van der Waals surface area contributed by atoms with Crippen LogP contribution in [-0.2, 0) is 9.59 Å². The van der Waals surface area contributed by atoms with Crippen LogP contribution in [0.5, 0.6) is 5.75 Å². The van der Waals surface area contributed by atoms with Gasteiger partial charge in [0.1, 0.15) is 5.75 Å². The number of carbonyl (C=O) groups is 2. The van der Waals surface area contributed by atoms with Gasteiger partial charge in [-0.2, -0.15) is 0 Å². The molecule has 1 aromatic carbocycles. The molecule has 0 radical (unpaired) electrons. The number of hydrogen-bond donors (Lipinski definition) is 1. The Balaban J connectivity index is 1.68. The van der Waals surface area contributed by atoms with Gasteiger partial charge in [0.15, 0.2) is 0 Å².